The van der Waals surface area contributed by atoms with Crippen LogP contribution in [0, 0.1) is 0 Å². The van der Waals surface area contributed by atoms with Gasteiger partial charge in [-0.05, 0) is 49.2 Å². The number of nitrogens with zero attached hydrogens (tertiary/aromatic N) is 3. The van der Waals surface area contributed by atoms with E-state index in [-0.39, 0.29) is 11.8 Å². The van der Waals surface area contributed by atoms with E-state index in [2.05, 4.69) is 11.0 Å². The molecule has 0 aromatic heterocycles. The Morgan fingerprint density at radius 2 is 1.81 bits per heavy atom. The summed E-state index contributed by atoms with van der Waals surface area (Å²) in [5.74, 6) is -0.132. The molecular formula is C22H25N3O2. The topological polar surface area (TPSA) is 43.9 Å². The van der Waals surface area contributed by atoms with E-state index in [1.807, 2.05) is 23.1 Å². The summed E-state index contributed by atoms with van der Waals surface area (Å²) < 4.78 is 0. The van der Waals surface area contributed by atoms with E-state index in [4.69, 9.17) is 0 Å². The van der Waals surface area contributed by atoms with Crippen molar-refractivity contribution >= 4 is 17.5 Å². The van der Waals surface area contributed by atoms with E-state index in [9.17, 15) is 9.59 Å². The standard InChI is InChI=1S/C22H25N3O2/c1-23(2)21(26)16-8-5-9-17(13-16)22(27)25-15-19-10-6-12-24(19)14-18-7-3-4-11-20(18)25/h3-5,7-9,11,13,19H,6,10,12,14-15H2,1-2H3. The maximum absolute atomic E-state index is 13.4. The summed E-state index contributed by atoms with van der Waals surface area (Å²) in [6.07, 6.45) is 2.30. The molecule has 0 N–H and O–H groups in total. The van der Waals surface area contributed by atoms with Gasteiger partial charge in [0.25, 0.3) is 11.8 Å². The van der Waals surface area contributed by atoms with Crippen LogP contribution in [0.1, 0.15) is 39.1 Å². The van der Waals surface area contributed by atoms with Crippen molar-refractivity contribution in [2.75, 3.05) is 32.1 Å². The van der Waals surface area contributed by atoms with E-state index >= 15 is 0 Å². The molecule has 0 aliphatic carbocycles. The minimum Gasteiger partial charge on any atom is -0.345 e. The van der Waals surface area contributed by atoms with Crippen molar-refractivity contribution < 1.29 is 9.59 Å². The Balaban J connectivity index is 1.70. The fraction of sp³-hybridized carbons (Fsp3) is 0.364. The molecule has 0 spiro atoms. The average Bonchev–Trinajstić information content (AvgIpc) is 3.06. The summed E-state index contributed by atoms with van der Waals surface area (Å²) in [6, 6.07) is 15.6. The highest BCUT2D eigenvalue weighted by atomic mass is 16.2. The van der Waals surface area contributed by atoms with E-state index < -0.39 is 0 Å². The van der Waals surface area contributed by atoms with Crippen molar-refractivity contribution in [2.45, 2.75) is 25.4 Å². The van der Waals surface area contributed by atoms with Gasteiger partial charge >= 0.3 is 0 Å². The first-order chi connectivity index (χ1) is 13.0. The molecule has 0 saturated carbocycles. The Morgan fingerprint density at radius 1 is 1.04 bits per heavy atom. The number of fused-ring (bicyclic) bond motifs is 2. The second kappa shape index (κ2) is 7.16. The SMILES string of the molecule is CN(C)C(=O)c1cccc(C(=O)N2CC3CCCN3Cc3ccccc32)c1. The van der Waals surface area contributed by atoms with Gasteiger partial charge in [-0.2, -0.15) is 0 Å². The highest BCUT2D eigenvalue weighted by Gasteiger charge is 2.33. The van der Waals surface area contributed by atoms with Crippen LogP contribution in [0.2, 0.25) is 0 Å². The van der Waals surface area contributed by atoms with Crippen molar-refractivity contribution in [1.29, 1.82) is 0 Å². The zero-order valence-electron chi connectivity index (χ0n) is 15.9. The first-order valence-electron chi connectivity index (χ1n) is 9.50. The molecule has 0 radical (unpaired) electrons. The van der Waals surface area contributed by atoms with Crippen LogP contribution < -0.4 is 4.90 Å². The zero-order chi connectivity index (χ0) is 19.0. The Morgan fingerprint density at radius 3 is 2.63 bits per heavy atom. The quantitative estimate of drug-likeness (QED) is 0.824. The molecule has 2 aromatic carbocycles. The molecule has 2 aliphatic rings. The Labute approximate surface area is 160 Å². The summed E-state index contributed by atoms with van der Waals surface area (Å²) in [5, 5.41) is 0. The molecule has 140 valence electrons. The van der Waals surface area contributed by atoms with Crippen LogP contribution in [0.3, 0.4) is 0 Å². The maximum Gasteiger partial charge on any atom is 0.258 e. The van der Waals surface area contributed by atoms with Crippen molar-refractivity contribution in [3.63, 3.8) is 0 Å². The summed E-state index contributed by atoms with van der Waals surface area (Å²) >= 11 is 0. The molecule has 0 bridgehead atoms. The Bertz CT molecular complexity index is 877. The number of hydrogen-bond donors (Lipinski definition) is 0. The van der Waals surface area contributed by atoms with Gasteiger partial charge < -0.3 is 9.80 Å². The van der Waals surface area contributed by atoms with E-state index in [0.717, 1.165) is 25.2 Å². The summed E-state index contributed by atoms with van der Waals surface area (Å²) in [5.41, 5.74) is 3.28. The number of carbonyl (C=O) groups is 2. The van der Waals surface area contributed by atoms with Gasteiger partial charge in [0.05, 0.1) is 0 Å². The van der Waals surface area contributed by atoms with Crippen molar-refractivity contribution in [1.82, 2.24) is 9.80 Å². The number of carbonyl (C=O) groups excluding carboxylic acids is 2. The number of benzene rings is 2. The van der Waals surface area contributed by atoms with E-state index in [0.29, 0.717) is 23.7 Å². The zero-order valence-corrected chi connectivity index (χ0v) is 15.9. The second-order valence-corrected chi connectivity index (χ2v) is 7.59. The van der Waals surface area contributed by atoms with Crippen LogP contribution in [-0.2, 0) is 6.54 Å². The number of amides is 2. The van der Waals surface area contributed by atoms with Gasteiger partial charge in [0.15, 0.2) is 0 Å². The normalized spacial score (nSPS) is 19.2. The third-order valence-corrected chi connectivity index (χ3v) is 5.56. The molecule has 2 aliphatic heterocycles. The minimum atomic E-state index is -0.0946. The van der Waals surface area contributed by atoms with Gasteiger partial charge in [0.1, 0.15) is 0 Å². The lowest BCUT2D eigenvalue weighted by molar-refractivity contribution is 0.0827. The molecule has 2 aromatic rings. The molecule has 5 nitrogen and oxygen atoms in total. The van der Waals surface area contributed by atoms with E-state index in [1.54, 1.807) is 38.4 Å². The molecule has 2 amide bonds. The molecule has 2 heterocycles. The van der Waals surface area contributed by atoms with E-state index in [1.165, 1.54) is 16.9 Å². The largest absolute Gasteiger partial charge is 0.345 e. The number of para-hydroxylation sites is 1. The second-order valence-electron chi connectivity index (χ2n) is 7.59. The molecule has 27 heavy (non-hydrogen) atoms. The highest BCUT2D eigenvalue weighted by molar-refractivity contribution is 6.08. The minimum absolute atomic E-state index is 0.0374. The van der Waals surface area contributed by atoms with Crippen LogP contribution in [0.4, 0.5) is 5.69 Å². The molecule has 5 heteroatoms. The van der Waals surface area contributed by atoms with Crippen LogP contribution in [-0.4, -0.2) is 54.8 Å². The number of anilines is 1. The number of rotatable bonds is 2. The van der Waals surface area contributed by atoms with Crippen molar-refractivity contribution in [2.24, 2.45) is 0 Å². The molecule has 1 unspecified atom stereocenters. The van der Waals surface area contributed by atoms with Gasteiger partial charge in [-0.3, -0.25) is 14.5 Å². The lowest BCUT2D eigenvalue weighted by atomic mass is 10.1. The first-order valence-corrected chi connectivity index (χ1v) is 9.50. The summed E-state index contributed by atoms with van der Waals surface area (Å²) in [6.45, 7) is 2.68. The van der Waals surface area contributed by atoms with Crippen LogP contribution >= 0.6 is 0 Å². The van der Waals surface area contributed by atoms with Crippen LogP contribution in [0.5, 0.6) is 0 Å². The van der Waals surface area contributed by atoms with Crippen LogP contribution in [0.15, 0.2) is 48.5 Å². The van der Waals surface area contributed by atoms with Gasteiger partial charge in [-0.15, -0.1) is 0 Å². The third kappa shape index (κ3) is 3.35. The summed E-state index contributed by atoms with van der Waals surface area (Å²) in [4.78, 5) is 31.6. The van der Waals surface area contributed by atoms with Crippen molar-refractivity contribution in [3.8, 4) is 0 Å². The average molecular weight is 363 g/mol. The lowest BCUT2D eigenvalue weighted by Gasteiger charge is -2.26. The molecule has 1 atom stereocenters. The lowest BCUT2D eigenvalue weighted by Crippen LogP contribution is -2.40. The van der Waals surface area contributed by atoms with Crippen LogP contribution in [0.25, 0.3) is 0 Å². The molecule has 1 fully saturated rings. The predicted octanol–water partition coefficient (Wildman–Crippen LogP) is 3.01. The monoisotopic (exact) mass is 363 g/mol. The summed E-state index contributed by atoms with van der Waals surface area (Å²) in [7, 11) is 3.44. The highest BCUT2D eigenvalue weighted by Crippen LogP contribution is 2.32. The van der Waals surface area contributed by atoms with Gasteiger partial charge in [0, 0.05) is 50.0 Å². The first kappa shape index (κ1) is 17.7. The van der Waals surface area contributed by atoms with Gasteiger partial charge in [-0.1, -0.05) is 24.3 Å². The van der Waals surface area contributed by atoms with Gasteiger partial charge in [-0.25, -0.2) is 0 Å². The maximum atomic E-state index is 13.4. The number of hydrogen-bond acceptors (Lipinski definition) is 3. The van der Waals surface area contributed by atoms with Gasteiger partial charge in [0.2, 0.25) is 0 Å². The van der Waals surface area contributed by atoms with Crippen molar-refractivity contribution in [3.05, 3.63) is 65.2 Å². The Hall–Kier alpha value is -2.66. The third-order valence-electron chi connectivity index (χ3n) is 5.56. The Kier molecular flexibility index (Phi) is 4.70. The molecular weight excluding hydrogens is 338 g/mol. The fourth-order valence-electron chi connectivity index (χ4n) is 4.14. The predicted molar refractivity (Wildman–Crippen MR) is 106 cm³/mol. The fourth-order valence-corrected chi connectivity index (χ4v) is 4.14. The molecule has 1 saturated heterocycles. The smallest absolute Gasteiger partial charge is 0.258 e. The molecule has 4 rings (SSSR count).